The largest absolute Gasteiger partial charge is 0.452 e. The van der Waals surface area contributed by atoms with Crippen molar-refractivity contribution in [2.45, 2.75) is 20.8 Å². The summed E-state index contributed by atoms with van der Waals surface area (Å²) in [7, 11) is 0. The lowest BCUT2D eigenvalue weighted by Crippen LogP contribution is -2.14. The third kappa shape index (κ3) is 3.06. The average molecular weight is 323 g/mol. The minimum Gasteiger partial charge on any atom is -0.452 e. The molecule has 0 N–H and O–H groups in total. The Balaban J connectivity index is 1.92. The molecule has 0 unspecified atom stereocenters. The molecule has 0 aliphatic carbocycles. The van der Waals surface area contributed by atoms with E-state index in [0.717, 1.165) is 0 Å². The highest BCUT2D eigenvalue weighted by atomic mass is 16.5. The zero-order valence-corrected chi connectivity index (χ0v) is 13.7. The molecule has 0 amide bonds. The molecule has 1 aromatic heterocycles. The predicted octanol–water partition coefficient (Wildman–Crippen LogP) is 3.57. The number of aromatic nitrogens is 1. The van der Waals surface area contributed by atoms with Gasteiger partial charge in [-0.1, -0.05) is 19.9 Å². The van der Waals surface area contributed by atoms with Gasteiger partial charge in [0.15, 0.2) is 5.76 Å². The van der Waals surface area contributed by atoms with Gasteiger partial charge in [0.2, 0.25) is 5.78 Å². The summed E-state index contributed by atoms with van der Waals surface area (Å²) in [5.74, 6) is 0.211. The van der Waals surface area contributed by atoms with Crippen LogP contribution in [-0.2, 0) is 4.79 Å². The van der Waals surface area contributed by atoms with Gasteiger partial charge in [-0.05, 0) is 30.7 Å². The van der Waals surface area contributed by atoms with E-state index in [9.17, 15) is 9.59 Å². The van der Waals surface area contributed by atoms with E-state index in [1.807, 2.05) is 6.07 Å². The number of rotatable bonds is 3. The summed E-state index contributed by atoms with van der Waals surface area (Å²) in [5, 5.41) is 0. The van der Waals surface area contributed by atoms with Gasteiger partial charge in [-0.3, -0.25) is 14.6 Å². The minimum absolute atomic E-state index is 0.199. The third-order valence-corrected chi connectivity index (χ3v) is 3.60. The summed E-state index contributed by atoms with van der Waals surface area (Å²) in [4.78, 5) is 28.4. The lowest BCUT2D eigenvalue weighted by atomic mass is 10.0. The lowest BCUT2D eigenvalue weighted by molar-refractivity contribution is -0.137. The van der Waals surface area contributed by atoms with E-state index < -0.39 is 0 Å². The number of ketones is 1. The van der Waals surface area contributed by atoms with Crippen LogP contribution in [0.4, 0.5) is 0 Å². The summed E-state index contributed by atoms with van der Waals surface area (Å²) in [6.45, 7) is 5.31. The average Bonchev–Trinajstić information content (AvgIpc) is 2.84. The normalized spacial score (nSPS) is 14.7. The molecule has 0 saturated carbocycles. The van der Waals surface area contributed by atoms with E-state index in [0.29, 0.717) is 28.3 Å². The number of Topliss-reactive ketones (excluding diaryl/α,β-unsaturated/α-hetero) is 1. The Morgan fingerprint density at radius 3 is 2.75 bits per heavy atom. The van der Waals surface area contributed by atoms with Gasteiger partial charge in [-0.25, -0.2) is 0 Å². The summed E-state index contributed by atoms with van der Waals surface area (Å²) in [6.07, 6.45) is 3.25. The van der Waals surface area contributed by atoms with Gasteiger partial charge in [0, 0.05) is 18.3 Å². The van der Waals surface area contributed by atoms with Crippen molar-refractivity contribution in [2.24, 2.45) is 5.92 Å². The molecule has 0 bridgehead atoms. The highest BCUT2D eigenvalue weighted by molar-refractivity contribution is 6.15. The molecule has 2 heterocycles. The number of fused-ring (bicyclic) bond motifs is 1. The Hall–Kier alpha value is -2.95. The van der Waals surface area contributed by atoms with Gasteiger partial charge in [-0.15, -0.1) is 0 Å². The van der Waals surface area contributed by atoms with Gasteiger partial charge in [0.05, 0.1) is 17.2 Å². The highest BCUT2D eigenvalue weighted by Crippen LogP contribution is 2.37. The molecule has 1 aliphatic heterocycles. The second-order valence-corrected chi connectivity index (χ2v) is 5.88. The summed E-state index contributed by atoms with van der Waals surface area (Å²) in [5.41, 5.74) is 1.83. The maximum absolute atomic E-state index is 12.5. The molecule has 122 valence electrons. The summed E-state index contributed by atoms with van der Waals surface area (Å²) < 4.78 is 11.0. The van der Waals surface area contributed by atoms with Gasteiger partial charge >= 0.3 is 5.97 Å². The summed E-state index contributed by atoms with van der Waals surface area (Å²) in [6, 6.07) is 8.66. The van der Waals surface area contributed by atoms with Crippen LogP contribution in [0.3, 0.4) is 0 Å². The van der Waals surface area contributed by atoms with Crippen LogP contribution in [0.25, 0.3) is 6.08 Å². The van der Waals surface area contributed by atoms with Crippen molar-refractivity contribution in [3.05, 3.63) is 59.1 Å². The first kappa shape index (κ1) is 15.9. The Kier molecular flexibility index (Phi) is 4.16. The van der Waals surface area contributed by atoms with Crippen molar-refractivity contribution in [3.8, 4) is 11.5 Å². The van der Waals surface area contributed by atoms with Crippen molar-refractivity contribution in [2.75, 3.05) is 0 Å². The molecule has 0 spiro atoms. The fraction of sp³-hybridized carbons (Fsp3) is 0.211. The number of aryl methyl sites for hydroxylation is 1. The first-order valence-electron chi connectivity index (χ1n) is 7.67. The topological polar surface area (TPSA) is 65.5 Å². The Morgan fingerprint density at radius 1 is 1.29 bits per heavy atom. The maximum atomic E-state index is 12.5. The van der Waals surface area contributed by atoms with E-state index in [1.54, 1.807) is 57.3 Å². The molecule has 1 aromatic carbocycles. The van der Waals surface area contributed by atoms with Crippen LogP contribution >= 0.6 is 0 Å². The lowest BCUT2D eigenvalue weighted by Gasteiger charge is -2.09. The third-order valence-electron chi connectivity index (χ3n) is 3.60. The molecule has 3 rings (SSSR count). The van der Waals surface area contributed by atoms with Gasteiger partial charge < -0.3 is 9.47 Å². The molecule has 0 saturated heterocycles. The number of pyridine rings is 1. The second-order valence-electron chi connectivity index (χ2n) is 5.88. The summed E-state index contributed by atoms with van der Waals surface area (Å²) >= 11 is 0. The SMILES string of the molecule is Cc1cc(OC(=O)C(C)C)cc2c1C(=O)/C(=C/c1ccccn1)O2. The van der Waals surface area contributed by atoms with Crippen LogP contribution in [-0.4, -0.2) is 16.7 Å². The Morgan fingerprint density at radius 2 is 2.08 bits per heavy atom. The number of allylic oxidation sites excluding steroid dienone is 1. The number of hydrogen-bond donors (Lipinski definition) is 0. The van der Waals surface area contributed by atoms with Gasteiger partial charge in [-0.2, -0.15) is 0 Å². The molecule has 0 fully saturated rings. The van der Waals surface area contributed by atoms with E-state index in [4.69, 9.17) is 9.47 Å². The molecular weight excluding hydrogens is 306 g/mol. The van der Waals surface area contributed by atoms with E-state index in [1.165, 1.54) is 0 Å². The number of nitrogens with zero attached hydrogens (tertiary/aromatic N) is 1. The number of benzene rings is 1. The van der Waals surface area contributed by atoms with Crippen molar-refractivity contribution in [3.63, 3.8) is 0 Å². The highest BCUT2D eigenvalue weighted by Gasteiger charge is 2.30. The zero-order chi connectivity index (χ0) is 17.3. The van der Waals surface area contributed by atoms with Crippen molar-refractivity contribution in [1.82, 2.24) is 4.98 Å². The van der Waals surface area contributed by atoms with Crippen LogP contribution in [0.1, 0.15) is 35.5 Å². The fourth-order valence-corrected chi connectivity index (χ4v) is 2.37. The molecule has 2 aromatic rings. The van der Waals surface area contributed by atoms with E-state index in [-0.39, 0.29) is 23.4 Å². The zero-order valence-electron chi connectivity index (χ0n) is 13.7. The van der Waals surface area contributed by atoms with Crippen molar-refractivity contribution >= 4 is 17.8 Å². The molecular formula is C19H17NO4. The predicted molar refractivity (Wildman–Crippen MR) is 88.8 cm³/mol. The molecule has 1 aliphatic rings. The quantitative estimate of drug-likeness (QED) is 0.491. The van der Waals surface area contributed by atoms with Crippen LogP contribution in [0, 0.1) is 12.8 Å². The molecule has 24 heavy (non-hydrogen) atoms. The van der Waals surface area contributed by atoms with E-state index in [2.05, 4.69) is 4.98 Å². The van der Waals surface area contributed by atoms with Crippen LogP contribution in [0.2, 0.25) is 0 Å². The Bertz CT molecular complexity index is 838. The second kappa shape index (κ2) is 6.28. The monoisotopic (exact) mass is 323 g/mol. The van der Waals surface area contributed by atoms with Crippen molar-refractivity contribution in [1.29, 1.82) is 0 Å². The molecule has 0 atom stereocenters. The molecule has 5 nitrogen and oxygen atoms in total. The Labute approximate surface area is 139 Å². The van der Waals surface area contributed by atoms with Crippen LogP contribution < -0.4 is 9.47 Å². The smallest absolute Gasteiger partial charge is 0.313 e. The number of carbonyl (C=O) groups excluding carboxylic acids is 2. The molecule has 0 radical (unpaired) electrons. The van der Waals surface area contributed by atoms with Crippen LogP contribution in [0.5, 0.6) is 11.5 Å². The van der Waals surface area contributed by atoms with Gasteiger partial charge in [0.1, 0.15) is 11.5 Å². The first-order chi connectivity index (χ1) is 11.5. The van der Waals surface area contributed by atoms with Gasteiger partial charge in [0.25, 0.3) is 0 Å². The standard InChI is InChI=1S/C19H17NO4/c1-11(2)19(22)23-14-8-12(3)17-15(10-14)24-16(18(17)21)9-13-6-4-5-7-20-13/h4-11H,1-3H3/b16-9-. The first-order valence-corrected chi connectivity index (χ1v) is 7.67. The van der Waals surface area contributed by atoms with Crippen molar-refractivity contribution < 1.29 is 19.1 Å². The maximum Gasteiger partial charge on any atom is 0.313 e. The fourth-order valence-electron chi connectivity index (χ4n) is 2.37. The number of carbonyl (C=O) groups is 2. The van der Waals surface area contributed by atoms with Crippen LogP contribution in [0.15, 0.2) is 42.3 Å². The number of esters is 1. The number of hydrogen-bond acceptors (Lipinski definition) is 5. The number of ether oxygens (including phenoxy) is 2. The van der Waals surface area contributed by atoms with E-state index >= 15 is 0 Å². The minimum atomic E-state index is -0.331. The molecule has 5 heteroatoms.